The summed E-state index contributed by atoms with van der Waals surface area (Å²) in [6, 6.07) is 3.64. The third-order valence-electron chi connectivity index (χ3n) is 4.55. The molecule has 9 heteroatoms. The van der Waals surface area contributed by atoms with Crippen LogP contribution in [0.4, 0.5) is 14.6 Å². The zero-order valence-corrected chi connectivity index (χ0v) is 15.1. The van der Waals surface area contributed by atoms with Crippen LogP contribution in [-0.4, -0.2) is 33.0 Å². The number of amides is 1. The van der Waals surface area contributed by atoms with Gasteiger partial charge in [0.25, 0.3) is 5.91 Å². The first-order chi connectivity index (χ1) is 13.5. The van der Waals surface area contributed by atoms with Crippen LogP contribution in [0.25, 0.3) is 11.6 Å². The first-order valence-corrected chi connectivity index (χ1v) is 8.56. The summed E-state index contributed by atoms with van der Waals surface area (Å²) >= 11 is 0. The second-order valence-corrected chi connectivity index (χ2v) is 6.11. The lowest BCUT2D eigenvalue weighted by Crippen LogP contribution is -2.29. The molecule has 2 aromatic heterocycles. The van der Waals surface area contributed by atoms with Crippen LogP contribution in [0.2, 0.25) is 0 Å². The van der Waals surface area contributed by atoms with E-state index in [9.17, 15) is 13.6 Å². The van der Waals surface area contributed by atoms with Crippen molar-refractivity contribution in [3.05, 3.63) is 59.6 Å². The Kier molecular flexibility index (Phi) is 4.42. The number of methoxy groups -OCH3 is 1. The van der Waals surface area contributed by atoms with Gasteiger partial charge < -0.3 is 4.74 Å². The number of fused-ring (bicyclic) bond motifs is 1. The lowest BCUT2D eigenvalue weighted by Gasteiger charge is -2.23. The third kappa shape index (κ3) is 2.75. The van der Waals surface area contributed by atoms with Crippen molar-refractivity contribution in [2.75, 3.05) is 12.0 Å². The summed E-state index contributed by atoms with van der Waals surface area (Å²) in [5.74, 6) is -1.82. The third-order valence-corrected chi connectivity index (χ3v) is 4.55. The van der Waals surface area contributed by atoms with Crippen LogP contribution in [0.1, 0.15) is 35.3 Å². The smallest absolute Gasteiger partial charge is 0.260 e. The number of aromatic nitrogens is 4. The van der Waals surface area contributed by atoms with Crippen molar-refractivity contribution in [2.45, 2.75) is 19.4 Å². The number of ether oxygens (including phenoxy) is 1. The highest BCUT2D eigenvalue weighted by Crippen LogP contribution is 2.41. The molecule has 142 valence electrons. The first kappa shape index (κ1) is 17.9. The highest BCUT2D eigenvalue weighted by molar-refractivity contribution is 6.11. The van der Waals surface area contributed by atoms with Crippen molar-refractivity contribution in [1.82, 2.24) is 19.9 Å². The second kappa shape index (κ2) is 6.91. The summed E-state index contributed by atoms with van der Waals surface area (Å²) in [5, 5.41) is 0. The van der Waals surface area contributed by atoms with Gasteiger partial charge in [0.15, 0.2) is 34.9 Å². The number of halogens is 2. The van der Waals surface area contributed by atoms with Gasteiger partial charge >= 0.3 is 0 Å². The molecule has 3 heterocycles. The fourth-order valence-corrected chi connectivity index (χ4v) is 3.29. The van der Waals surface area contributed by atoms with Crippen LogP contribution >= 0.6 is 0 Å². The molecule has 3 aromatic rings. The van der Waals surface area contributed by atoms with Crippen LogP contribution in [0.3, 0.4) is 0 Å². The van der Waals surface area contributed by atoms with Gasteiger partial charge in [-0.1, -0.05) is 6.92 Å². The molecule has 4 rings (SSSR count). The molecule has 0 N–H and O–H groups in total. The van der Waals surface area contributed by atoms with E-state index in [1.165, 1.54) is 36.5 Å². The van der Waals surface area contributed by atoms with Crippen LogP contribution < -0.4 is 9.64 Å². The lowest BCUT2D eigenvalue weighted by atomic mass is 10.0. The number of benzene rings is 1. The van der Waals surface area contributed by atoms with Gasteiger partial charge in [-0.3, -0.25) is 9.69 Å². The molecule has 1 aliphatic rings. The quantitative estimate of drug-likeness (QED) is 0.687. The molecule has 1 amide bonds. The van der Waals surface area contributed by atoms with Crippen molar-refractivity contribution in [2.24, 2.45) is 0 Å². The Bertz CT molecular complexity index is 1060. The Morgan fingerprint density at radius 3 is 2.54 bits per heavy atom. The maximum absolute atomic E-state index is 14.6. The van der Waals surface area contributed by atoms with Gasteiger partial charge in [-0.25, -0.2) is 28.7 Å². The van der Waals surface area contributed by atoms with Crippen LogP contribution in [0.15, 0.2) is 36.8 Å². The molecule has 0 saturated heterocycles. The summed E-state index contributed by atoms with van der Waals surface area (Å²) in [7, 11) is 1.32. The van der Waals surface area contributed by atoms with Crippen molar-refractivity contribution >= 4 is 11.7 Å². The van der Waals surface area contributed by atoms with Gasteiger partial charge in [0.05, 0.1) is 19.3 Å². The standard InChI is InChI=1S/C19H15F2N5O2/c1-3-14-10-7-12(20)15(28-2)8-11(10)19(27)26(14)18-13(21)9-24-17(25-18)16-22-5-4-6-23-16/h4-9,14H,3H2,1-2H3/t14-/m1/s1. The molecule has 0 fully saturated rings. The number of hydrogen-bond acceptors (Lipinski definition) is 6. The molecule has 0 spiro atoms. The molecule has 0 bridgehead atoms. The number of anilines is 1. The summed E-state index contributed by atoms with van der Waals surface area (Å²) in [5.41, 5.74) is 0.710. The number of carbonyl (C=O) groups excluding carboxylic acids is 1. The molecule has 1 atom stereocenters. The van der Waals surface area contributed by atoms with E-state index in [4.69, 9.17) is 4.74 Å². The van der Waals surface area contributed by atoms with Crippen LogP contribution in [-0.2, 0) is 0 Å². The minimum absolute atomic E-state index is 0.0506. The molecule has 0 unspecified atom stereocenters. The summed E-state index contributed by atoms with van der Waals surface area (Å²) in [6.07, 6.45) is 4.42. The van der Waals surface area contributed by atoms with Gasteiger partial charge in [-0.2, -0.15) is 0 Å². The van der Waals surface area contributed by atoms with E-state index in [0.29, 0.717) is 12.0 Å². The maximum atomic E-state index is 14.6. The van der Waals surface area contributed by atoms with Gasteiger partial charge in [-0.05, 0) is 30.2 Å². The predicted octanol–water partition coefficient (Wildman–Crippen LogP) is 3.33. The Morgan fingerprint density at radius 1 is 1.11 bits per heavy atom. The van der Waals surface area contributed by atoms with Gasteiger partial charge in [0, 0.05) is 18.0 Å². The van der Waals surface area contributed by atoms with E-state index >= 15 is 0 Å². The SMILES string of the molecule is CC[C@@H]1c2cc(F)c(OC)cc2C(=O)N1c1nc(-c2ncccn2)ncc1F. The number of nitrogens with zero attached hydrogens (tertiary/aromatic N) is 5. The average Bonchev–Trinajstić information content (AvgIpc) is 2.99. The minimum atomic E-state index is -0.772. The molecule has 28 heavy (non-hydrogen) atoms. The molecular weight excluding hydrogens is 368 g/mol. The highest BCUT2D eigenvalue weighted by atomic mass is 19.1. The molecule has 0 radical (unpaired) electrons. The topological polar surface area (TPSA) is 81.1 Å². The van der Waals surface area contributed by atoms with E-state index in [0.717, 1.165) is 6.20 Å². The zero-order chi connectivity index (χ0) is 19.8. The molecule has 7 nitrogen and oxygen atoms in total. The van der Waals surface area contributed by atoms with E-state index in [1.807, 2.05) is 6.92 Å². The average molecular weight is 383 g/mol. The number of rotatable bonds is 4. The normalized spacial score (nSPS) is 15.6. The summed E-state index contributed by atoms with van der Waals surface area (Å²) < 4.78 is 33.8. The number of hydrogen-bond donors (Lipinski definition) is 0. The maximum Gasteiger partial charge on any atom is 0.260 e. The largest absolute Gasteiger partial charge is 0.494 e. The van der Waals surface area contributed by atoms with Crippen molar-refractivity contribution in [3.63, 3.8) is 0 Å². The van der Waals surface area contributed by atoms with Crippen molar-refractivity contribution in [1.29, 1.82) is 0 Å². The van der Waals surface area contributed by atoms with Crippen molar-refractivity contribution in [3.8, 4) is 17.4 Å². The van der Waals surface area contributed by atoms with Gasteiger partial charge in [0.2, 0.25) is 0 Å². The van der Waals surface area contributed by atoms with E-state index in [-0.39, 0.29) is 28.8 Å². The minimum Gasteiger partial charge on any atom is -0.494 e. The Hall–Kier alpha value is -3.49. The lowest BCUT2D eigenvalue weighted by molar-refractivity contribution is 0.0988. The predicted molar refractivity (Wildman–Crippen MR) is 95.8 cm³/mol. The molecule has 0 saturated carbocycles. The summed E-state index contributed by atoms with van der Waals surface area (Å²) in [4.78, 5) is 30.5. The number of carbonyl (C=O) groups is 1. The fourth-order valence-electron chi connectivity index (χ4n) is 3.29. The van der Waals surface area contributed by atoms with Crippen LogP contribution in [0, 0.1) is 11.6 Å². The van der Waals surface area contributed by atoms with E-state index in [1.54, 1.807) is 6.07 Å². The Labute approximate surface area is 159 Å². The molecule has 1 aliphatic heterocycles. The van der Waals surface area contributed by atoms with E-state index in [2.05, 4.69) is 19.9 Å². The zero-order valence-electron chi connectivity index (χ0n) is 15.1. The Balaban J connectivity index is 1.84. The van der Waals surface area contributed by atoms with E-state index < -0.39 is 23.6 Å². The van der Waals surface area contributed by atoms with Crippen LogP contribution in [0.5, 0.6) is 5.75 Å². The van der Waals surface area contributed by atoms with Crippen molar-refractivity contribution < 1.29 is 18.3 Å². The molecular formula is C19H15F2N5O2. The van der Waals surface area contributed by atoms with Gasteiger partial charge in [-0.15, -0.1) is 0 Å². The summed E-state index contributed by atoms with van der Waals surface area (Å²) in [6.45, 7) is 1.82. The van der Waals surface area contributed by atoms with Gasteiger partial charge in [0.1, 0.15) is 0 Å². The first-order valence-electron chi connectivity index (χ1n) is 8.56. The highest BCUT2D eigenvalue weighted by Gasteiger charge is 2.40. The molecule has 0 aliphatic carbocycles. The molecule has 1 aromatic carbocycles. The fraction of sp³-hybridized carbons (Fsp3) is 0.211. The Morgan fingerprint density at radius 2 is 1.86 bits per heavy atom. The monoisotopic (exact) mass is 383 g/mol. The second-order valence-electron chi connectivity index (χ2n) is 6.11.